The molecule has 0 radical (unpaired) electrons. The van der Waals surface area contributed by atoms with E-state index in [-0.39, 0.29) is 5.25 Å². The summed E-state index contributed by atoms with van der Waals surface area (Å²) >= 11 is 1.71. The molecule has 1 aliphatic rings. The van der Waals surface area contributed by atoms with E-state index in [4.69, 9.17) is 5.10 Å². The molecule has 0 unspecified atom stereocenters. The van der Waals surface area contributed by atoms with Crippen molar-refractivity contribution in [1.29, 1.82) is 0 Å². The summed E-state index contributed by atoms with van der Waals surface area (Å²) in [5.41, 5.74) is 3.65. The molecule has 0 saturated carbocycles. The van der Waals surface area contributed by atoms with Crippen LogP contribution in [0.3, 0.4) is 0 Å². The summed E-state index contributed by atoms with van der Waals surface area (Å²) in [6.45, 7) is 8.58. The summed E-state index contributed by atoms with van der Waals surface area (Å²) in [7, 11) is 0. The third-order valence-corrected chi connectivity index (χ3v) is 4.58. The van der Waals surface area contributed by atoms with Crippen molar-refractivity contribution < 1.29 is 0 Å². The van der Waals surface area contributed by atoms with Gasteiger partial charge in [-0.25, -0.2) is 0 Å². The highest BCUT2D eigenvalue weighted by molar-refractivity contribution is 8.00. The first kappa shape index (κ1) is 14.3. The molecule has 5 heteroatoms. The van der Waals surface area contributed by atoms with E-state index in [9.17, 15) is 0 Å². The standard InChI is InChI=1S/C16H20N4S/c1-10(2)9-13-5-7-14(8-6-13)15-11(3)21-16-18-17-12(4)20(16)19-15/h5-8,10-11H,9H2,1-4H3/t11-/m0/s1. The highest BCUT2D eigenvalue weighted by Crippen LogP contribution is 2.29. The summed E-state index contributed by atoms with van der Waals surface area (Å²) in [4.78, 5) is 0. The fourth-order valence-corrected chi connectivity index (χ4v) is 3.48. The second-order valence-electron chi connectivity index (χ2n) is 5.88. The molecule has 2 aromatic rings. The number of rotatable bonds is 3. The Morgan fingerprint density at radius 2 is 1.90 bits per heavy atom. The third kappa shape index (κ3) is 2.88. The van der Waals surface area contributed by atoms with Gasteiger partial charge in [0.1, 0.15) is 0 Å². The van der Waals surface area contributed by atoms with Crippen LogP contribution in [0, 0.1) is 12.8 Å². The smallest absolute Gasteiger partial charge is 0.191 e. The van der Waals surface area contributed by atoms with Crippen LogP contribution in [-0.4, -0.2) is 25.8 Å². The molecule has 0 saturated heterocycles. The minimum absolute atomic E-state index is 0.289. The number of aromatic nitrogens is 3. The van der Waals surface area contributed by atoms with Crippen molar-refractivity contribution in [3.63, 3.8) is 0 Å². The Morgan fingerprint density at radius 1 is 1.19 bits per heavy atom. The Bertz CT molecular complexity index is 670. The van der Waals surface area contributed by atoms with Crippen LogP contribution in [-0.2, 0) is 6.42 Å². The molecular formula is C16H20N4S. The van der Waals surface area contributed by atoms with Crippen molar-refractivity contribution in [3.05, 3.63) is 41.2 Å². The zero-order valence-corrected chi connectivity index (χ0v) is 13.7. The van der Waals surface area contributed by atoms with E-state index in [1.165, 1.54) is 11.1 Å². The van der Waals surface area contributed by atoms with Gasteiger partial charge in [0.25, 0.3) is 0 Å². The Labute approximate surface area is 129 Å². The van der Waals surface area contributed by atoms with E-state index < -0.39 is 0 Å². The van der Waals surface area contributed by atoms with Gasteiger partial charge in [-0.2, -0.15) is 9.78 Å². The average Bonchev–Trinajstić information content (AvgIpc) is 2.79. The highest BCUT2D eigenvalue weighted by atomic mass is 32.2. The maximum absolute atomic E-state index is 4.73. The van der Waals surface area contributed by atoms with Crippen molar-refractivity contribution in [3.8, 4) is 0 Å². The number of nitrogens with zero attached hydrogens (tertiary/aromatic N) is 4. The molecular weight excluding hydrogens is 280 g/mol. The zero-order valence-electron chi connectivity index (χ0n) is 12.9. The van der Waals surface area contributed by atoms with Crippen molar-refractivity contribution >= 4 is 17.5 Å². The zero-order chi connectivity index (χ0) is 15.0. The predicted molar refractivity (Wildman–Crippen MR) is 87.0 cm³/mol. The van der Waals surface area contributed by atoms with E-state index in [0.717, 1.165) is 23.1 Å². The molecule has 1 atom stereocenters. The number of hydrogen-bond donors (Lipinski definition) is 0. The first-order valence-electron chi connectivity index (χ1n) is 7.31. The number of fused-ring (bicyclic) bond motifs is 1. The lowest BCUT2D eigenvalue weighted by molar-refractivity contribution is 0.647. The van der Waals surface area contributed by atoms with Gasteiger partial charge in [-0.1, -0.05) is 49.9 Å². The van der Waals surface area contributed by atoms with Crippen LogP contribution in [0.1, 0.15) is 37.7 Å². The third-order valence-electron chi connectivity index (χ3n) is 3.54. The summed E-state index contributed by atoms with van der Waals surface area (Å²) in [6, 6.07) is 8.78. The molecule has 0 N–H and O–H groups in total. The van der Waals surface area contributed by atoms with Gasteiger partial charge < -0.3 is 0 Å². The van der Waals surface area contributed by atoms with Gasteiger partial charge in [0, 0.05) is 0 Å². The summed E-state index contributed by atoms with van der Waals surface area (Å²) < 4.78 is 1.84. The fourth-order valence-electron chi connectivity index (χ4n) is 2.51. The predicted octanol–water partition coefficient (Wildman–Crippen LogP) is 3.53. The van der Waals surface area contributed by atoms with Gasteiger partial charge >= 0.3 is 0 Å². The minimum Gasteiger partial charge on any atom is -0.191 e. The van der Waals surface area contributed by atoms with Crippen molar-refractivity contribution in [1.82, 2.24) is 14.9 Å². The summed E-state index contributed by atoms with van der Waals surface area (Å²) in [5, 5.41) is 14.1. The summed E-state index contributed by atoms with van der Waals surface area (Å²) in [6.07, 6.45) is 1.12. The van der Waals surface area contributed by atoms with Gasteiger partial charge in [0.05, 0.1) is 11.0 Å². The molecule has 2 heterocycles. The Morgan fingerprint density at radius 3 is 2.57 bits per heavy atom. The van der Waals surface area contributed by atoms with Crippen LogP contribution in [0.15, 0.2) is 34.5 Å². The molecule has 1 aromatic heterocycles. The Kier molecular flexibility index (Phi) is 3.85. The van der Waals surface area contributed by atoms with Crippen LogP contribution in [0.5, 0.6) is 0 Å². The number of aryl methyl sites for hydroxylation is 1. The fraction of sp³-hybridized carbons (Fsp3) is 0.438. The molecule has 0 aliphatic carbocycles. The molecule has 0 spiro atoms. The molecule has 1 aromatic carbocycles. The first-order valence-corrected chi connectivity index (χ1v) is 8.19. The maximum Gasteiger partial charge on any atom is 0.212 e. The van der Waals surface area contributed by atoms with Crippen LogP contribution in [0.4, 0.5) is 0 Å². The van der Waals surface area contributed by atoms with Crippen LogP contribution >= 0.6 is 11.8 Å². The largest absolute Gasteiger partial charge is 0.212 e. The average molecular weight is 300 g/mol. The molecule has 0 bridgehead atoms. The van der Waals surface area contributed by atoms with E-state index in [2.05, 4.69) is 55.2 Å². The lowest BCUT2D eigenvalue weighted by atomic mass is 10.00. The SMILES string of the molecule is Cc1nnc2n1N=C(c1ccc(CC(C)C)cc1)[C@H](C)S2. The van der Waals surface area contributed by atoms with Gasteiger partial charge in [0.2, 0.25) is 5.16 Å². The molecule has 21 heavy (non-hydrogen) atoms. The van der Waals surface area contributed by atoms with E-state index >= 15 is 0 Å². The van der Waals surface area contributed by atoms with Gasteiger partial charge in [-0.05, 0) is 37.3 Å². The number of hydrogen-bond acceptors (Lipinski definition) is 4. The molecule has 3 rings (SSSR count). The summed E-state index contributed by atoms with van der Waals surface area (Å²) in [5.74, 6) is 1.51. The molecule has 110 valence electrons. The minimum atomic E-state index is 0.289. The normalized spacial score (nSPS) is 17.8. The van der Waals surface area contributed by atoms with Gasteiger partial charge in [-0.15, -0.1) is 10.2 Å². The molecule has 1 aliphatic heterocycles. The van der Waals surface area contributed by atoms with E-state index in [1.807, 2.05) is 11.6 Å². The van der Waals surface area contributed by atoms with Crippen molar-refractivity contribution in [2.24, 2.45) is 11.0 Å². The molecule has 0 fully saturated rings. The lowest BCUT2D eigenvalue weighted by Gasteiger charge is -2.19. The Balaban J connectivity index is 1.92. The monoisotopic (exact) mass is 300 g/mol. The van der Waals surface area contributed by atoms with Crippen LogP contribution in [0.25, 0.3) is 0 Å². The van der Waals surface area contributed by atoms with Crippen LogP contribution < -0.4 is 0 Å². The first-order chi connectivity index (χ1) is 10.0. The Hall–Kier alpha value is -1.62. The van der Waals surface area contributed by atoms with Gasteiger partial charge in [0.15, 0.2) is 5.82 Å². The molecule has 0 amide bonds. The quantitative estimate of drug-likeness (QED) is 0.871. The molecule has 4 nitrogen and oxygen atoms in total. The van der Waals surface area contributed by atoms with Crippen molar-refractivity contribution in [2.75, 3.05) is 0 Å². The topological polar surface area (TPSA) is 43.1 Å². The van der Waals surface area contributed by atoms with E-state index in [0.29, 0.717) is 5.92 Å². The van der Waals surface area contributed by atoms with E-state index in [1.54, 1.807) is 11.8 Å². The van der Waals surface area contributed by atoms with Crippen molar-refractivity contribution in [2.45, 2.75) is 44.5 Å². The van der Waals surface area contributed by atoms with Crippen LogP contribution in [0.2, 0.25) is 0 Å². The second kappa shape index (κ2) is 5.64. The van der Waals surface area contributed by atoms with Gasteiger partial charge in [-0.3, -0.25) is 0 Å². The lowest BCUT2D eigenvalue weighted by Crippen LogP contribution is -2.21. The second-order valence-corrected chi connectivity index (χ2v) is 7.19. The number of benzene rings is 1. The maximum atomic E-state index is 4.73. The number of thioether (sulfide) groups is 1. The highest BCUT2D eigenvalue weighted by Gasteiger charge is 2.24.